The first-order valence-corrected chi connectivity index (χ1v) is 13.6. The van der Waals surface area contributed by atoms with Crippen LogP contribution in [0.2, 0.25) is 0 Å². The van der Waals surface area contributed by atoms with Crippen molar-refractivity contribution in [2.24, 2.45) is 5.41 Å². The molecule has 0 radical (unpaired) electrons. The van der Waals surface area contributed by atoms with E-state index < -0.39 is 17.6 Å². The van der Waals surface area contributed by atoms with Crippen molar-refractivity contribution in [1.82, 2.24) is 0 Å². The molecule has 1 atom stereocenters. The molecule has 0 spiro atoms. The molecule has 0 saturated carbocycles. The average Bonchev–Trinajstić information content (AvgIpc) is 2.89. The van der Waals surface area contributed by atoms with Crippen LogP contribution < -0.4 is 16.4 Å². The van der Waals surface area contributed by atoms with Crippen molar-refractivity contribution in [1.29, 1.82) is 5.26 Å². The third-order valence-corrected chi connectivity index (χ3v) is 7.04. The van der Waals surface area contributed by atoms with Gasteiger partial charge in [0.15, 0.2) is 0 Å². The number of rotatable bonds is 9. The molecule has 39 heavy (non-hydrogen) atoms. The van der Waals surface area contributed by atoms with Gasteiger partial charge in [0.05, 0.1) is 27.5 Å². The summed E-state index contributed by atoms with van der Waals surface area (Å²) in [5, 5.41) is 25.2. The number of nitrogens with two attached hydrogens (primary N) is 1. The van der Waals surface area contributed by atoms with Crippen LogP contribution in [0.5, 0.6) is 5.75 Å². The molecule has 0 aliphatic heterocycles. The lowest BCUT2D eigenvalue weighted by Gasteiger charge is -2.34. The van der Waals surface area contributed by atoms with Gasteiger partial charge < -0.3 is 20.9 Å². The maximum Gasteiger partial charge on any atom is 0.412 e. The minimum absolute atomic E-state index is 0.0437. The van der Waals surface area contributed by atoms with Gasteiger partial charge in [0, 0.05) is 21.1 Å². The van der Waals surface area contributed by atoms with E-state index in [1.165, 1.54) is 6.08 Å². The molecule has 0 aromatic heterocycles. The third kappa shape index (κ3) is 8.34. The number of hydrogen-bond donors (Lipinski definition) is 4. The van der Waals surface area contributed by atoms with E-state index in [9.17, 15) is 14.7 Å². The van der Waals surface area contributed by atoms with E-state index in [4.69, 9.17) is 15.7 Å². The lowest BCUT2D eigenvalue weighted by atomic mass is 9.78. The van der Waals surface area contributed by atoms with Crippen molar-refractivity contribution in [3.63, 3.8) is 0 Å². The molecule has 0 heterocycles. The Hall–Kier alpha value is -3.81. The summed E-state index contributed by atoms with van der Waals surface area (Å²) in [7, 11) is 0. The van der Waals surface area contributed by atoms with Gasteiger partial charge in [-0.15, -0.1) is 0 Å². The van der Waals surface area contributed by atoms with E-state index in [1.807, 2.05) is 19.9 Å². The van der Waals surface area contributed by atoms with Gasteiger partial charge >= 0.3 is 6.09 Å². The number of nitriles is 1. The lowest BCUT2D eigenvalue weighted by molar-refractivity contribution is -0.111. The molecule has 8 nitrogen and oxygen atoms in total. The summed E-state index contributed by atoms with van der Waals surface area (Å²) in [4.78, 5) is 25.2. The summed E-state index contributed by atoms with van der Waals surface area (Å²) in [6.07, 6.45) is 2.62. The summed E-state index contributed by atoms with van der Waals surface area (Å²) in [5.74, 6) is -0.355. The van der Waals surface area contributed by atoms with Crippen molar-refractivity contribution in [2.45, 2.75) is 32.8 Å². The zero-order valence-corrected chi connectivity index (χ0v) is 24.5. The van der Waals surface area contributed by atoms with Crippen LogP contribution in [-0.2, 0) is 9.53 Å². The highest BCUT2D eigenvalue weighted by molar-refractivity contribution is 9.11. The monoisotopic (exact) mass is 654 g/mol. The minimum atomic E-state index is -0.851. The highest BCUT2D eigenvalue weighted by Crippen LogP contribution is 2.46. The number of halogens is 2. The van der Waals surface area contributed by atoms with Crippen LogP contribution >= 0.6 is 31.9 Å². The SMILES string of the molecule is CC(C)(CC/C=C/C(=O)Nc1ccccc1N)[C@@H](OC(=O)Nc1ccc(C#N)cc1)c1cc(Br)cc(Br)c1O. The Kier molecular flexibility index (Phi) is 10.2. The molecule has 2 amide bonds. The number of benzene rings is 3. The number of carbonyl (C=O) groups excluding carboxylic acids is 2. The maximum absolute atomic E-state index is 12.9. The molecule has 0 aliphatic rings. The van der Waals surface area contributed by atoms with Gasteiger partial charge in [-0.2, -0.15) is 5.26 Å². The molecule has 0 bridgehead atoms. The highest BCUT2D eigenvalue weighted by atomic mass is 79.9. The van der Waals surface area contributed by atoms with E-state index in [0.29, 0.717) is 50.0 Å². The van der Waals surface area contributed by atoms with E-state index >= 15 is 0 Å². The zero-order chi connectivity index (χ0) is 28.6. The van der Waals surface area contributed by atoms with Crippen molar-refractivity contribution >= 4 is 60.9 Å². The summed E-state index contributed by atoms with van der Waals surface area (Å²) >= 11 is 6.79. The van der Waals surface area contributed by atoms with Gasteiger partial charge in [0.25, 0.3) is 0 Å². The van der Waals surface area contributed by atoms with Gasteiger partial charge in [-0.1, -0.05) is 48.0 Å². The number of ether oxygens (including phenoxy) is 1. The fourth-order valence-electron chi connectivity index (χ4n) is 3.87. The van der Waals surface area contributed by atoms with Crippen molar-refractivity contribution in [2.75, 3.05) is 16.4 Å². The number of anilines is 3. The van der Waals surface area contributed by atoms with E-state index in [1.54, 1.807) is 66.7 Å². The van der Waals surface area contributed by atoms with Crippen LogP contribution in [0.3, 0.4) is 0 Å². The van der Waals surface area contributed by atoms with E-state index in [0.717, 1.165) is 0 Å². The minimum Gasteiger partial charge on any atom is -0.506 e. The van der Waals surface area contributed by atoms with Crippen molar-refractivity contribution in [3.8, 4) is 11.8 Å². The zero-order valence-electron chi connectivity index (χ0n) is 21.4. The van der Waals surface area contributed by atoms with Crippen LogP contribution in [-0.4, -0.2) is 17.1 Å². The Balaban J connectivity index is 1.75. The Morgan fingerprint density at radius 2 is 1.82 bits per heavy atom. The van der Waals surface area contributed by atoms with E-state index in [-0.39, 0.29) is 11.7 Å². The molecule has 3 aromatic carbocycles. The number of para-hydroxylation sites is 2. The number of nitrogens with one attached hydrogen (secondary N) is 2. The van der Waals surface area contributed by atoms with Crippen molar-refractivity contribution < 1.29 is 19.4 Å². The summed E-state index contributed by atoms with van der Waals surface area (Å²) in [6, 6.07) is 18.8. The molecule has 10 heteroatoms. The van der Waals surface area contributed by atoms with Crippen LogP contribution in [0.15, 0.2) is 81.8 Å². The van der Waals surface area contributed by atoms with Gasteiger partial charge in [-0.25, -0.2) is 4.79 Å². The Morgan fingerprint density at radius 1 is 1.13 bits per heavy atom. The molecule has 0 saturated heterocycles. The van der Waals surface area contributed by atoms with Gasteiger partial charge in [0.1, 0.15) is 11.9 Å². The quantitative estimate of drug-likeness (QED) is 0.138. The van der Waals surface area contributed by atoms with Gasteiger partial charge in [0.2, 0.25) is 5.91 Å². The number of carbonyl (C=O) groups is 2. The average molecular weight is 656 g/mol. The maximum atomic E-state index is 12.9. The second-order valence-electron chi connectivity index (χ2n) is 9.43. The number of allylic oxidation sites excluding steroid dienone is 1. The van der Waals surface area contributed by atoms with Crippen molar-refractivity contribution in [3.05, 3.63) is 92.9 Å². The topological polar surface area (TPSA) is 137 Å². The predicted molar refractivity (Wildman–Crippen MR) is 159 cm³/mol. The second kappa shape index (κ2) is 13.3. The standard InChI is InChI=1S/C29H28Br2N4O4/c1-29(2,14-6-5-9-25(36)35-24-8-4-3-7-23(24)33)27(21-15-19(30)16-22(31)26(21)37)39-28(38)34-20-12-10-18(17-32)11-13-20/h3-5,7-13,15-16,27,37H,6,14,33H2,1-2H3,(H,34,38)(H,35,36)/b9-5+/t27-/m0/s1. The largest absolute Gasteiger partial charge is 0.506 e. The normalized spacial score (nSPS) is 12.0. The number of nitrogens with zero attached hydrogens (tertiary/aromatic N) is 1. The number of aromatic hydroxyl groups is 1. The number of phenols is 1. The van der Waals surface area contributed by atoms with Gasteiger partial charge in [-0.05, 0) is 83.4 Å². The molecule has 0 fully saturated rings. The number of amides is 2. The molecule has 0 unspecified atom stereocenters. The summed E-state index contributed by atoms with van der Waals surface area (Å²) in [5.41, 5.74) is 7.56. The first kappa shape index (κ1) is 29.7. The molecule has 5 N–H and O–H groups in total. The Bertz CT molecular complexity index is 1420. The Morgan fingerprint density at radius 3 is 2.49 bits per heavy atom. The van der Waals surface area contributed by atoms with E-state index in [2.05, 4.69) is 42.5 Å². The number of phenolic OH excluding ortho intramolecular Hbond substituents is 1. The smallest absolute Gasteiger partial charge is 0.412 e. The fraction of sp³-hybridized carbons (Fsp3) is 0.207. The molecule has 3 aromatic rings. The number of hydrogen-bond acceptors (Lipinski definition) is 6. The Labute approximate surface area is 244 Å². The third-order valence-electron chi connectivity index (χ3n) is 5.98. The van der Waals surface area contributed by atoms with Crippen LogP contribution in [0, 0.1) is 16.7 Å². The summed E-state index contributed by atoms with van der Waals surface area (Å²) < 4.78 is 7.02. The van der Waals surface area contributed by atoms with Crippen LogP contribution in [0.4, 0.5) is 21.9 Å². The second-order valence-corrected chi connectivity index (χ2v) is 11.2. The highest BCUT2D eigenvalue weighted by Gasteiger charge is 2.36. The fourth-order valence-corrected chi connectivity index (χ4v) is 5.13. The van der Waals surface area contributed by atoms with Crippen LogP contribution in [0.1, 0.15) is 43.9 Å². The van der Waals surface area contributed by atoms with Crippen LogP contribution in [0.25, 0.3) is 0 Å². The molecule has 3 rings (SSSR count). The van der Waals surface area contributed by atoms with Gasteiger partial charge in [-0.3, -0.25) is 10.1 Å². The molecular weight excluding hydrogens is 628 g/mol. The molecule has 0 aliphatic carbocycles. The first-order chi connectivity index (χ1) is 18.5. The molecule has 202 valence electrons. The summed E-state index contributed by atoms with van der Waals surface area (Å²) in [6.45, 7) is 3.83. The molecular formula is C29H28Br2N4O4. The lowest BCUT2D eigenvalue weighted by Crippen LogP contribution is -2.29. The first-order valence-electron chi connectivity index (χ1n) is 12.0. The number of nitrogen functional groups attached to an aromatic ring is 1. The predicted octanol–water partition coefficient (Wildman–Crippen LogP) is 7.66.